The molecule has 0 unspecified atom stereocenters. The number of nitrogens with zero attached hydrogens (tertiary/aromatic N) is 3. The molecule has 160 valence electrons. The Hall–Kier alpha value is -1.94. The van der Waals surface area contributed by atoms with Gasteiger partial charge in [0, 0.05) is 37.7 Å². The van der Waals surface area contributed by atoms with Crippen molar-refractivity contribution in [2.24, 2.45) is 0 Å². The van der Waals surface area contributed by atoms with Gasteiger partial charge in [-0.15, -0.1) is 11.3 Å². The van der Waals surface area contributed by atoms with Crippen LogP contribution in [0.25, 0.3) is 0 Å². The molecule has 1 aromatic heterocycles. The lowest BCUT2D eigenvalue weighted by molar-refractivity contribution is -0.136. The van der Waals surface area contributed by atoms with Crippen molar-refractivity contribution in [2.45, 2.75) is 23.8 Å². The van der Waals surface area contributed by atoms with Gasteiger partial charge in [0.05, 0.1) is 9.77 Å². The van der Waals surface area contributed by atoms with Crippen molar-refractivity contribution in [3.8, 4) is 0 Å². The molecule has 0 spiro atoms. The summed E-state index contributed by atoms with van der Waals surface area (Å²) >= 11 is 7.31. The molecule has 3 heterocycles. The summed E-state index contributed by atoms with van der Waals surface area (Å²) in [5.74, 6) is -0.208. The second kappa shape index (κ2) is 8.66. The van der Waals surface area contributed by atoms with E-state index in [2.05, 4.69) is 0 Å². The Morgan fingerprint density at radius 3 is 2.47 bits per heavy atom. The van der Waals surface area contributed by atoms with E-state index in [1.54, 1.807) is 28.0 Å². The monoisotopic (exact) mass is 467 g/mol. The third-order valence-corrected chi connectivity index (χ3v) is 8.50. The predicted molar refractivity (Wildman–Crippen MR) is 115 cm³/mol. The molecule has 0 N–H and O–H groups in total. The van der Waals surface area contributed by atoms with Gasteiger partial charge in [-0.05, 0) is 42.5 Å². The maximum Gasteiger partial charge on any atom is 0.264 e. The highest BCUT2D eigenvalue weighted by Gasteiger charge is 2.39. The fraction of sp³-hybridized carbons (Fsp3) is 0.400. The average Bonchev–Trinajstić information content (AvgIpc) is 3.45. The van der Waals surface area contributed by atoms with Gasteiger partial charge >= 0.3 is 0 Å². The minimum Gasteiger partial charge on any atom is -0.338 e. The number of hydrogen-bond acceptors (Lipinski definition) is 5. The van der Waals surface area contributed by atoms with E-state index in [-0.39, 0.29) is 29.8 Å². The SMILES string of the molecule is O=C([C@@H]1CCCN1C(=O)c1cccs1)N1CCN(S(=O)(=O)c2cccc(Cl)c2)CC1. The van der Waals surface area contributed by atoms with E-state index in [9.17, 15) is 18.0 Å². The van der Waals surface area contributed by atoms with Crippen molar-refractivity contribution in [3.63, 3.8) is 0 Å². The first-order valence-electron chi connectivity index (χ1n) is 9.77. The van der Waals surface area contributed by atoms with Gasteiger partial charge in [-0.25, -0.2) is 8.42 Å². The van der Waals surface area contributed by atoms with Crippen LogP contribution in [0, 0.1) is 0 Å². The Kier molecular flexibility index (Phi) is 6.15. The second-order valence-corrected chi connectivity index (χ2v) is 10.6. The number of likely N-dealkylation sites (tertiary alicyclic amines) is 1. The Morgan fingerprint density at radius 1 is 1.03 bits per heavy atom. The molecule has 0 saturated carbocycles. The summed E-state index contributed by atoms with van der Waals surface area (Å²) < 4.78 is 27.1. The Labute approximate surface area is 184 Å². The fourth-order valence-corrected chi connectivity index (χ4v) is 6.35. The van der Waals surface area contributed by atoms with E-state index in [1.165, 1.54) is 27.8 Å². The smallest absolute Gasteiger partial charge is 0.264 e. The van der Waals surface area contributed by atoms with Crippen LogP contribution < -0.4 is 0 Å². The number of rotatable bonds is 4. The van der Waals surface area contributed by atoms with E-state index in [0.29, 0.717) is 36.0 Å². The zero-order chi connectivity index (χ0) is 21.3. The van der Waals surface area contributed by atoms with Gasteiger partial charge in [0.2, 0.25) is 15.9 Å². The molecule has 7 nitrogen and oxygen atoms in total. The summed E-state index contributed by atoms with van der Waals surface area (Å²) in [4.78, 5) is 30.0. The molecular formula is C20H22ClN3O4S2. The molecule has 2 amide bonds. The molecule has 0 aliphatic carbocycles. The maximum absolute atomic E-state index is 13.1. The Bertz CT molecular complexity index is 1030. The third-order valence-electron chi connectivity index (χ3n) is 5.51. The minimum atomic E-state index is -3.66. The van der Waals surface area contributed by atoms with Crippen molar-refractivity contribution >= 4 is 44.8 Å². The number of carbonyl (C=O) groups excluding carboxylic acids is 2. The highest BCUT2D eigenvalue weighted by atomic mass is 35.5. The molecule has 30 heavy (non-hydrogen) atoms. The maximum atomic E-state index is 13.1. The highest BCUT2D eigenvalue weighted by molar-refractivity contribution is 7.89. The summed E-state index contributed by atoms with van der Waals surface area (Å²) in [7, 11) is -3.66. The topological polar surface area (TPSA) is 78.0 Å². The summed E-state index contributed by atoms with van der Waals surface area (Å²) in [5.41, 5.74) is 0. The standard InChI is InChI=1S/C20H22ClN3O4S2/c21-15-4-1-5-16(14-15)30(27,28)23-11-9-22(10-12-23)19(25)17-6-2-8-24(17)20(26)18-7-3-13-29-18/h1,3-5,7,13-14,17H,2,6,8-12H2/t17-/m0/s1. The predicted octanol–water partition coefficient (Wildman–Crippen LogP) is 2.54. The first-order chi connectivity index (χ1) is 14.4. The van der Waals surface area contributed by atoms with Crippen molar-refractivity contribution in [3.05, 3.63) is 51.7 Å². The number of piperazine rings is 1. The van der Waals surface area contributed by atoms with E-state index in [0.717, 1.165) is 6.42 Å². The number of halogens is 1. The zero-order valence-electron chi connectivity index (χ0n) is 16.2. The summed E-state index contributed by atoms with van der Waals surface area (Å²) in [6, 6.07) is 9.30. The van der Waals surface area contributed by atoms with Crippen molar-refractivity contribution < 1.29 is 18.0 Å². The lowest BCUT2D eigenvalue weighted by atomic mass is 10.1. The number of sulfonamides is 1. The van der Waals surface area contributed by atoms with E-state index in [4.69, 9.17) is 11.6 Å². The second-order valence-electron chi connectivity index (χ2n) is 7.32. The van der Waals surface area contributed by atoms with Crippen molar-refractivity contribution in [1.29, 1.82) is 0 Å². The van der Waals surface area contributed by atoms with Crippen molar-refractivity contribution in [2.75, 3.05) is 32.7 Å². The number of carbonyl (C=O) groups is 2. The quantitative estimate of drug-likeness (QED) is 0.692. The number of hydrogen-bond donors (Lipinski definition) is 0. The lowest BCUT2D eigenvalue weighted by Gasteiger charge is -2.36. The first kappa shape index (κ1) is 21.3. The minimum absolute atomic E-state index is 0.0998. The van der Waals surface area contributed by atoms with Gasteiger partial charge in [-0.3, -0.25) is 9.59 Å². The van der Waals surface area contributed by atoms with Crippen LogP contribution in [0.15, 0.2) is 46.7 Å². The van der Waals surface area contributed by atoms with Gasteiger partial charge in [-0.2, -0.15) is 4.31 Å². The number of thiophene rings is 1. The van der Waals surface area contributed by atoms with Gasteiger partial charge < -0.3 is 9.80 Å². The molecule has 4 rings (SSSR count). The molecule has 2 aliphatic heterocycles. The van der Waals surface area contributed by atoms with Gasteiger partial charge in [0.1, 0.15) is 6.04 Å². The molecule has 10 heteroatoms. The molecule has 0 bridgehead atoms. The summed E-state index contributed by atoms with van der Waals surface area (Å²) in [6.07, 6.45) is 1.42. The summed E-state index contributed by atoms with van der Waals surface area (Å²) in [5, 5.41) is 2.21. The molecule has 2 fully saturated rings. The van der Waals surface area contributed by atoms with Crippen LogP contribution in [0.4, 0.5) is 0 Å². The van der Waals surface area contributed by atoms with Gasteiger partial charge in [0.25, 0.3) is 5.91 Å². The normalized spacial score (nSPS) is 20.5. The van der Waals surface area contributed by atoms with E-state index >= 15 is 0 Å². The van der Waals surface area contributed by atoms with Crippen LogP contribution in [-0.4, -0.2) is 73.1 Å². The molecule has 2 saturated heterocycles. The molecular weight excluding hydrogens is 446 g/mol. The number of benzene rings is 1. The zero-order valence-corrected chi connectivity index (χ0v) is 18.6. The summed E-state index contributed by atoms with van der Waals surface area (Å²) in [6.45, 7) is 1.60. The molecule has 0 radical (unpaired) electrons. The lowest BCUT2D eigenvalue weighted by Crippen LogP contribution is -2.55. The van der Waals surface area contributed by atoms with Gasteiger partial charge in [-0.1, -0.05) is 23.7 Å². The Morgan fingerprint density at radius 2 is 1.80 bits per heavy atom. The van der Waals surface area contributed by atoms with E-state index in [1.807, 2.05) is 11.4 Å². The van der Waals surface area contributed by atoms with Crippen LogP contribution in [0.2, 0.25) is 5.02 Å². The molecule has 1 atom stereocenters. The molecule has 2 aromatic rings. The average molecular weight is 468 g/mol. The molecule has 1 aromatic carbocycles. The number of amides is 2. The van der Waals surface area contributed by atoms with Crippen LogP contribution in [-0.2, 0) is 14.8 Å². The highest BCUT2D eigenvalue weighted by Crippen LogP contribution is 2.25. The van der Waals surface area contributed by atoms with E-state index < -0.39 is 16.1 Å². The van der Waals surface area contributed by atoms with Crippen LogP contribution in [0.1, 0.15) is 22.5 Å². The Balaban J connectivity index is 1.41. The first-order valence-corrected chi connectivity index (χ1v) is 12.5. The van der Waals surface area contributed by atoms with Crippen LogP contribution in [0.5, 0.6) is 0 Å². The third kappa shape index (κ3) is 4.12. The molecule has 2 aliphatic rings. The van der Waals surface area contributed by atoms with Crippen LogP contribution >= 0.6 is 22.9 Å². The largest absolute Gasteiger partial charge is 0.338 e. The van der Waals surface area contributed by atoms with Crippen LogP contribution in [0.3, 0.4) is 0 Å². The van der Waals surface area contributed by atoms with Crippen molar-refractivity contribution in [1.82, 2.24) is 14.1 Å². The van der Waals surface area contributed by atoms with Gasteiger partial charge in [0.15, 0.2) is 0 Å². The fourth-order valence-electron chi connectivity index (χ4n) is 3.94.